The van der Waals surface area contributed by atoms with Crippen LogP contribution in [0.4, 0.5) is 0 Å². The van der Waals surface area contributed by atoms with E-state index in [-0.39, 0.29) is 25.4 Å². The van der Waals surface area contributed by atoms with Gasteiger partial charge in [-0.15, -0.1) is 0 Å². The molecule has 1 heterocycles. The van der Waals surface area contributed by atoms with Crippen molar-refractivity contribution in [1.29, 1.82) is 0 Å². The third kappa shape index (κ3) is 3.51. The Bertz CT molecular complexity index is 165. The lowest BCUT2D eigenvalue weighted by atomic mass is 10.2. The molecular weight excluding hydrogens is 186 g/mol. The van der Waals surface area contributed by atoms with Gasteiger partial charge in [-0.05, 0) is 6.92 Å². The number of hydrogen-bond donors (Lipinski definition) is 3. The van der Waals surface area contributed by atoms with Gasteiger partial charge in [0.15, 0.2) is 0 Å². The second kappa shape index (κ2) is 5.63. The summed E-state index contributed by atoms with van der Waals surface area (Å²) in [6.07, 6.45) is -0.823. The summed E-state index contributed by atoms with van der Waals surface area (Å²) in [4.78, 5) is 2.00. The van der Waals surface area contributed by atoms with E-state index in [0.717, 1.165) is 6.54 Å². The summed E-state index contributed by atoms with van der Waals surface area (Å²) >= 11 is 0. The molecule has 0 saturated carbocycles. The van der Waals surface area contributed by atoms with Crippen LogP contribution in [0, 0.1) is 0 Å². The summed E-state index contributed by atoms with van der Waals surface area (Å²) in [6.45, 7) is 3.47. The molecule has 0 aliphatic carbocycles. The maximum absolute atomic E-state index is 9.26. The Morgan fingerprint density at radius 2 is 2.14 bits per heavy atom. The number of hydrogen-bond acceptors (Lipinski definition) is 5. The van der Waals surface area contributed by atoms with Gasteiger partial charge < -0.3 is 20.1 Å². The van der Waals surface area contributed by atoms with Gasteiger partial charge in [0.05, 0.1) is 31.5 Å². The highest BCUT2D eigenvalue weighted by molar-refractivity contribution is 4.76. The topological polar surface area (TPSA) is 73.2 Å². The Kier molecular flexibility index (Phi) is 4.77. The van der Waals surface area contributed by atoms with Crippen LogP contribution in [0.25, 0.3) is 0 Å². The first-order valence-electron chi connectivity index (χ1n) is 4.93. The zero-order chi connectivity index (χ0) is 10.6. The largest absolute Gasteiger partial charge is 0.394 e. The molecule has 1 saturated heterocycles. The SMILES string of the molecule is CC1CN(CC(O)CO)CC(CO)O1. The quantitative estimate of drug-likeness (QED) is 0.516. The molecule has 3 N–H and O–H groups in total. The molecule has 0 aromatic carbocycles. The van der Waals surface area contributed by atoms with Crippen molar-refractivity contribution in [2.75, 3.05) is 32.8 Å². The van der Waals surface area contributed by atoms with Crippen molar-refractivity contribution in [3.05, 3.63) is 0 Å². The Morgan fingerprint density at radius 3 is 2.71 bits per heavy atom. The van der Waals surface area contributed by atoms with Crippen molar-refractivity contribution in [2.45, 2.75) is 25.2 Å². The second-order valence-electron chi connectivity index (χ2n) is 3.81. The van der Waals surface area contributed by atoms with E-state index in [2.05, 4.69) is 0 Å². The number of rotatable bonds is 4. The molecule has 3 unspecified atom stereocenters. The van der Waals surface area contributed by atoms with Crippen LogP contribution in [-0.2, 0) is 4.74 Å². The van der Waals surface area contributed by atoms with E-state index in [1.165, 1.54) is 0 Å². The van der Waals surface area contributed by atoms with Crippen molar-refractivity contribution in [2.24, 2.45) is 0 Å². The van der Waals surface area contributed by atoms with E-state index in [0.29, 0.717) is 13.1 Å². The van der Waals surface area contributed by atoms with Crippen LogP contribution in [0.3, 0.4) is 0 Å². The normalized spacial score (nSPS) is 31.7. The number of aliphatic hydroxyl groups excluding tert-OH is 3. The second-order valence-corrected chi connectivity index (χ2v) is 3.81. The van der Waals surface area contributed by atoms with Crippen LogP contribution < -0.4 is 0 Å². The van der Waals surface area contributed by atoms with Gasteiger partial charge >= 0.3 is 0 Å². The molecule has 0 radical (unpaired) electrons. The van der Waals surface area contributed by atoms with Crippen LogP contribution in [0.15, 0.2) is 0 Å². The fraction of sp³-hybridized carbons (Fsp3) is 1.00. The first-order valence-corrected chi connectivity index (χ1v) is 4.93. The van der Waals surface area contributed by atoms with Gasteiger partial charge in [0.25, 0.3) is 0 Å². The third-order valence-electron chi connectivity index (χ3n) is 2.29. The lowest BCUT2D eigenvalue weighted by Gasteiger charge is -2.36. The van der Waals surface area contributed by atoms with E-state index in [9.17, 15) is 5.11 Å². The number of nitrogens with zero attached hydrogens (tertiary/aromatic N) is 1. The molecule has 0 spiro atoms. The van der Waals surface area contributed by atoms with Crippen LogP contribution in [0.5, 0.6) is 0 Å². The summed E-state index contributed by atoms with van der Waals surface area (Å²) in [5.41, 5.74) is 0. The highest BCUT2D eigenvalue weighted by Gasteiger charge is 2.25. The van der Waals surface area contributed by atoms with Gasteiger partial charge in [0.2, 0.25) is 0 Å². The zero-order valence-corrected chi connectivity index (χ0v) is 8.46. The van der Waals surface area contributed by atoms with Gasteiger partial charge in [-0.2, -0.15) is 0 Å². The molecule has 14 heavy (non-hydrogen) atoms. The smallest absolute Gasteiger partial charge is 0.0936 e. The maximum Gasteiger partial charge on any atom is 0.0936 e. The first kappa shape index (κ1) is 11.9. The highest BCUT2D eigenvalue weighted by Crippen LogP contribution is 2.10. The standard InChI is InChI=1S/C9H19NO4/c1-7-2-10(3-8(13)5-11)4-9(6-12)14-7/h7-9,11-13H,2-6H2,1H3. The summed E-state index contributed by atoms with van der Waals surface area (Å²) < 4.78 is 5.45. The fourth-order valence-electron chi connectivity index (χ4n) is 1.75. The summed E-state index contributed by atoms with van der Waals surface area (Å²) in [5.74, 6) is 0. The van der Waals surface area contributed by atoms with Gasteiger partial charge in [0, 0.05) is 19.6 Å². The molecule has 0 amide bonds. The molecule has 1 aliphatic heterocycles. The maximum atomic E-state index is 9.26. The monoisotopic (exact) mass is 205 g/mol. The molecule has 5 nitrogen and oxygen atoms in total. The lowest BCUT2D eigenvalue weighted by molar-refractivity contribution is -0.103. The van der Waals surface area contributed by atoms with E-state index >= 15 is 0 Å². The number of aliphatic hydroxyl groups is 3. The van der Waals surface area contributed by atoms with Crippen LogP contribution in [-0.4, -0.2) is 71.4 Å². The van der Waals surface area contributed by atoms with E-state index in [1.807, 2.05) is 11.8 Å². The number of morpholine rings is 1. The minimum atomic E-state index is -0.709. The van der Waals surface area contributed by atoms with Gasteiger partial charge in [-0.1, -0.05) is 0 Å². The van der Waals surface area contributed by atoms with Crippen molar-refractivity contribution in [3.8, 4) is 0 Å². The van der Waals surface area contributed by atoms with Gasteiger partial charge in [-0.3, -0.25) is 4.90 Å². The molecule has 84 valence electrons. The average molecular weight is 205 g/mol. The summed E-state index contributed by atoms with van der Waals surface area (Å²) in [7, 11) is 0. The highest BCUT2D eigenvalue weighted by atomic mass is 16.5. The Labute approximate surface area is 83.9 Å². The minimum Gasteiger partial charge on any atom is -0.394 e. The molecule has 0 aromatic heterocycles. The molecule has 5 heteroatoms. The number of ether oxygens (including phenoxy) is 1. The average Bonchev–Trinajstić information content (AvgIpc) is 2.16. The van der Waals surface area contributed by atoms with E-state index in [1.54, 1.807) is 0 Å². The third-order valence-corrected chi connectivity index (χ3v) is 2.29. The molecule has 1 rings (SSSR count). The van der Waals surface area contributed by atoms with E-state index < -0.39 is 6.10 Å². The molecule has 0 bridgehead atoms. The van der Waals surface area contributed by atoms with E-state index in [4.69, 9.17) is 14.9 Å². The van der Waals surface area contributed by atoms with Crippen LogP contribution >= 0.6 is 0 Å². The summed E-state index contributed by atoms with van der Waals surface area (Å²) in [6, 6.07) is 0. The van der Waals surface area contributed by atoms with Crippen molar-refractivity contribution in [1.82, 2.24) is 4.90 Å². The van der Waals surface area contributed by atoms with Gasteiger partial charge in [0.1, 0.15) is 0 Å². The predicted molar refractivity (Wildman–Crippen MR) is 51.0 cm³/mol. The zero-order valence-electron chi connectivity index (χ0n) is 8.46. The number of β-amino-alcohol motifs (C(OH)–C–C–N with tert-alkyl or cyclic N) is 1. The van der Waals surface area contributed by atoms with Crippen molar-refractivity contribution < 1.29 is 20.1 Å². The first-order chi connectivity index (χ1) is 6.65. The Balaban J connectivity index is 2.37. The molecule has 1 fully saturated rings. The molecule has 1 aliphatic rings. The van der Waals surface area contributed by atoms with Crippen molar-refractivity contribution in [3.63, 3.8) is 0 Å². The van der Waals surface area contributed by atoms with Crippen LogP contribution in [0.1, 0.15) is 6.92 Å². The molecule has 3 atom stereocenters. The molecular formula is C9H19NO4. The lowest BCUT2D eigenvalue weighted by Crippen LogP contribution is -2.50. The fourth-order valence-corrected chi connectivity index (χ4v) is 1.75. The molecule has 0 aromatic rings. The Morgan fingerprint density at radius 1 is 1.43 bits per heavy atom. The van der Waals surface area contributed by atoms with Gasteiger partial charge in [-0.25, -0.2) is 0 Å². The summed E-state index contributed by atoms with van der Waals surface area (Å²) in [5, 5.41) is 26.9. The Hall–Kier alpha value is -0.200. The van der Waals surface area contributed by atoms with Crippen LogP contribution in [0.2, 0.25) is 0 Å². The predicted octanol–water partition coefficient (Wildman–Crippen LogP) is -1.58. The van der Waals surface area contributed by atoms with Crippen molar-refractivity contribution >= 4 is 0 Å². The minimum absolute atomic E-state index is 0.00391.